The molecule has 0 atom stereocenters. The first kappa shape index (κ1) is 14.8. The number of ether oxygens (including phenoxy) is 1. The molecule has 20 heavy (non-hydrogen) atoms. The minimum absolute atomic E-state index is 0.0479. The fraction of sp³-hybridized carbons (Fsp3) is 0.333. The molecule has 5 heteroatoms. The third kappa shape index (κ3) is 3.95. The lowest BCUT2D eigenvalue weighted by atomic mass is 10.1. The molecule has 2 rings (SSSR count). The van der Waals surface area contributed by atoms with E-state index < -0.39 is 9.84 Å². The van der Waals surface area contributed by atoms with Gasteiger partial charge in [0.1, 0.15) is 0 Å². The summed E-state index contributed by atoms with van der Waals surface area (Å²) in [6, 6.07) is 9.57. The molecule has 1 heterocycles. The van der Waals surface area contributed by atoms with Gasteiger partial charge in [0.2, 0.25) is 0 Å². The highest BCUT2D eigenvalue weighted by atomic mass is 32.2. The van der Waals surface area contributed by atoms with Crippen LogP contribution in [0.25, 0.3) is 5.70 Å². The lowest BCUT2D eigenvalue weighted by molar-refractivity contribution is 0.0640. The molecule has 0 spiro atoms. The molecule has 0 unspecified atom stereocenters. The second-order valence-electron chi connectivity index (χ2n) is 4.59. The van der Waals surface area contributed by atoms with Crippen LogP contribution >= 0.6 is 0 Å². The topological polar surface area (TPSA) is 46.6 Å². The quantitative estimate of drug-likeness (QED) is 0.778. The summed E-state index contributed by atoms with van der Waals surface area (Å²) in [5.74, 6) is -0.0479. The molecule has 1 aromatic carbocycles. The van der Waals surface area contributed by atoms with Crippen LogP contribution in [-0.2, 0) is 14.6 Å². The van der Waals surface area contributed by atoms with Crippen LogP contribution in [0.15, 0.2) is 48.4 Å². The molecule has 0 aromatic heterocycles. The molecule has 108 valence electrons. The Hall–Kier alpha value is -1.59. The number of sulfone groups is 1. The van der Waals surface area contributed by atoms with Crippen LogP contribution in [0.3, 0.4) is 0 Å². The normalized spacial score (nSPS) is 17.0. The molecule has 1 saturated heterocycles. The van der Waals surface area contributed by atoms with Crippen molar-refractivity contribution >= 4 is 15.5 Å². The Balaban J connectivity index is 2.38. The number of hydrogen-bond acceptors (Lipinski definition) is 4. The second kappa shape index (κ2) is 6.72. The lowest BCUT2D eigenvalue weighted by Crippen LogP contribution is -2.35. The third-order valence-corrected chi connectivity index (χ3v) is 4.35. The van der Waals surface area contributed by atoms with Crippen LogP contribution < -0.4 is 0 Å². The monoisotopic (exact) mass is 293 g/mol. The Bertz CT molecular complexity index is 572. The van der Waals surface area contributed by atoms with Crippen molar-refractivity contribution in [3.63, 3.8) is 0 Å². The highest BCUT2D eigenvalue weighted by molar-refractivity contribution is 7.94. The standard InChI is InChI=1S/C15H19NO3S/c1-2-12-20(17,18)13-15(14-6-4-3-5-7-14)16-8-10-19-11-9-16/h2-7,13H,1,8-12H2. The summed E-state index contributed by atoms with van der Waals surface area (Å²) in [5.41, 5.74) is 1.64. The molecule has 0 aliphatic carbocycles. The van der Waals surface area contributed by atoms with Gasteiger partial charge in [0.05, 0.1) is 30.1 Å². The van der Waals surface area contributed by atoms with Crippen molar-refractivity contribution in [1.82, 2.24) is 4.90 Å². The van der Waals surface area contributed by atoms with Crippen molar-refractivity contribution in [1.29, 1.82) is 0 Å². The molecule has 0 saturated carbocycles. The van der Waals surface area contributed by atoms with Crippen LogP contribution in [0.4, 0.5) is 0 Å². The lowest BCUT2D eigenvalue weighted by Gasteiger charge is -2.31. The number of nitrogens with zero attached hydrogens (tertiary/aromatic N) is 1. The van der Waals surface area contributed by atoms with Gasteiger partial charge in [0, 0.05) is 13.1 Å². The number of rotatable bonds is 5. The second-order valence-corrected chi connectivity index (χ2v) is 6.48. The average Bonchev–Trinajstić information content (AvgIpc) is 2.47. The van der Waals surface area contributed by atoms with Crippen LogP contribution in [0.2, 0.25) is 0 Å². The van der Waals surface area contributed by atoms with E-state index in [4.69, 9.17) is 4.74 Å². The van der Waals surface area contributed by atoms with Crippen molar-refractivity contribution in [2.45, 2.75) is 0 Å². The maximum absolute atomic E-state index is 12.1. The third-order valence-electron chi connectivity index (χ3n) is 3.06. The van der Waals surface area contributed by atoms with E-state index in [9.17, 15) is 8.42 Å². The molecule has 0 amide bonds. The van der Waals surface area contributed by atoms with Gasteiger partial charge >= 0.3 is 0 Å². The van der Waals surface area contributed by atoms with Crippen LogP contribution in [0.1, 0.15) is 5.56 Å². The van der Waals surface area contributed by atoms with E-state index >= 15 is 0 Å². The van der Waals surface area contributed by atoms with Gasteiger partial charge in [-0.3, -0.25) is 0 Å². The van der Waals surface area contributed by atoms with Gasteiger partial charge in [0.25, 0.3) is 0 Å². The zero-order valence-corrected chi connectivity index (χ0v) is 12.2. The largest absolute Gasteiger partial charge is 0.378 e. The van der Waals surface area contributed by atoms with Gasteiger partial charge in [-0.15, -0.1) is 6.58 Å². The summed E-state index contributed by atoms with van der Waals surface area (Å²) in [6.45, 7) is 6.13. The molecule has 0 N–H and O–H groups in total. The minimum atomic E-state index is -3.29. The van der Waals surface area contributed by atoms with Gasteiger partial charge in [-0.1, -0.05) is 36.4 Å². The maximum Gasteiger partial charge on any atom is 0.177 e. The molecule has 1 aliphatic rings. The first-order chi connectivity index (χ1) is 9.62. The van der Waals surface area contributed by atoms with E-state index in [-0.39, 0.29) is 5.75 Å². The SMILES string of the molecule is C=CCS(=O)(=O)C=C(c1ccccc1)N1CCOCC1. The smallest absolute Gasteiger partial charge is 0.177 e. The molecule has 1 aliphatic heterocycles. The van der Waals surface area contributed by atoms with Gasteiger partial charge < -0.3 is 9.64 Å². The molecule has 0 radical (unpaired) electrons. The molecule has 1 fully saturated rings. The van der Waals surface area contributed by atoms with Gasteiger partial charge in [0.15, 0.2) is 9.84 Å². The van der Waals surface area contributed by atoms with E-state index in [1.54, 1.807) is 0 Å². The molecule has 1 aromatic rings. The van der Waals surface area contributed by atoms with Crippen molar-refractivity contribution in [2.75, 3.05) is 32.1 Å². The number of morpholine rings is 1. The number of hydrogen-bond donors (Lipinski definition) is 0. The molecule has 4 nitrogen and oxygen atoms in total. The summed E-state index contributed by atoms with van der Waals surface area (Å²) in [5, 5.41) is 1.36. The zero-order valence-electron chi connectivity index (χ0n) is 11.4. The first-order valence-corrected chi connectivity index (χ1v) is 8.27. The van der Waals surface area contributed by atoms with Gasteiger partial charge in [-0.25, -0.2) is 8.42 Å². The molecular formula is C15H19NO3S. The van der Waals surface area contributed by atoms with Crippen LogP contribution in [0, 0.1) is 0 Å². The molecule has 0 bridgehead atoms. The predicted octanol–water partition coefficient (Wildman–Crippen LogP) is 1.92. The summed E-state index contributed by atoms with van der Waals surface area (Å²) < 4.78 is 29.4. The summed E-state index contributed by atoms with van der Waals surface area (Å²) in [7, 11) is -3.29. The Morgan fingerprint density at radius 2 is 1.90 bits per heavy atom. The highest BCUT2D eigenvalue weighted by Crippen LogP contribution is 2.21. The van der Waals surface area contributed by atoms with E-state index in [1.165, 1.54) is 11.5 Å². The summed E-state index contributed by atoms with van der Waals surface area (Å²) >= 11 is 0. The Labute approximate surface area is 120 Å². The van der Waals surface area contributed by atoms with Gasteiger partial charge in [-0.05, 0) is 5.56 Å². The van der Waals surface area contributed by atoms with E-state index in [2.05, 4.69) is 11.5 Å². The zero-order chi connectivity index (χ0) is 14.4. The molecular weight excluding hydrogens is 274 g/mol. The van der Waals surface area contributed by atoms with E-state index in [0.29, 0.717) is 26.3 Å². The maximum atomic E-state index is 12.1. The fourth-order valence-corrected chi connectivity index (χ4v) is 3.17. The van der Waals surface area contributed by atoms with Crippen LogP contribution in [0.5, 0.6) is 0 Å². The fourth-order valence-electron chi connectivity index (χ4n) is 2.12. The van der Waals surface area contributed by atoms with Gasteiger partial charge in [-0.2, -0.15) is 0 Å². The van der Waals surface area contributed by atoms with Crippen molar-refractivity contribution < 1.29 is 13.2 Å². The van der Waals surface area contributed by atoms with E-state index in [1.807, 2.05) is 30.3 Å². The Kier molecular flexibility index (Phi) is 4.98. The van der Waals surface area contributed by atoms with Crippen LogP contribution in [-0.4, -0.2) is 45.4 Å². The Morgan fingerprint density at radius 3 is 2.50 bits per heavy atom. The summed E-state index contributed by atoms with van der Waals surface area (Å²) in [4.78, 5) is 2.06. The van der Waals surface area contributed by atoms with Crippen molar-refractivity contribution in [2.24, 2.45) is 0 Å². The van der Waals surface area contributed by atoms with Crippen molar-refractivity contribution in [3.05, 3.63) is 54.0 Å². The predicted molar refractivity (Wildman–Crippen MR) is 80.8 cm³/mol. The average molecular weight is 293 g/mol. The first-order valence-electron chi connectivity index (χ1n) is 6.56. The van der Waals surface area contributed by atoms with E-state index in [0.717, 1.165) is 11.3 Å². The number of benzene rings is 1. The van der Waals surface area contributed by atoms with Crippen molar-refractivity contribution in [3.8, 4) is 0 Å². The highest BCUT2D eigenvalue weighted by Gasteiger charge is 2.18. The Morgan fingerprint density at radius 1 is 1.25 bits per heavy atom. The minimum Gasteiger partial charge on any atom is -0.378 e. The summed E-state index contributed by atoms with van der Waals surface area (Å²) in [6.07, 6.45) is 1.41.